The van der Waals surface area contributed by atoms with Crippen LogP contribution in [0, 0.1) is 0 Å². The van der Waals surface area contributed by atoms with Gasteiger partial charge in [-0.2, -0.15) is 0 Å². The Hall–Kier alpha value is -0.950. The van der Waals surface area contributed by atoms with Gasteiger partial charge in [0.15, 0.2) is 0 Å². The van der Waals surface area contributed by atoms with Crippen molar-refractivity contribution >= 4 is 23.8 Å². The fraction of sp³-hybridized carbons (Fsp3) is 0.833. The molecule has 1 saturated carbocycles. The summed E-state index contributed by atoms with van der Waals surface area (Å²) >= 11 is 1.45. The van der Waals surface area contributed by atoms with E-state index in [9.17, 15) is 14.7 Å². The number of likely N-dealkylation sites (N-methyl/N-ethyl adjacent to an activating group) is 1. The van der Waals surface area contributed by atoms with E-state index >= 15 is 0 Å². The zero-order chi connectivity index (χ0) is 14.0. The molecule has 2 fully saturated rings. The van der Waals surface area contributed by atoms with Crippen LogP contribution in [0.4, 0.5) is 4.79 Å². The minimum absolute atomic E-state index is 0.193. The molecule has 1 aliphatic carbocycles. The predicted molar refractivity (Wildman–Crippen MR) is 72.0 cm³/mol. The largest absolute Gasteiger partial charge is 0.480 e. The van der Waals surface area contributed by atoms with E-state index < -0.39 is 18.1 Å². The minimum atomic E-state index is -0.962. The second kappa shape index (κ2) is 6.00. The van der Waals surface area contributed by atoms with Crippen LogP contribution in [-0.2, 0) is 4.79 Å². The number of carbonyl (C=O) groups is 2. The van der Waals surface area contributed by atoms with Gasteiger partial charge in [0.25, 0.3) is 0 Å². The average Bonchev–Trinajstić information content (AvgIpc) is 2.87. The number of rotatable bonds is 2. The first-order valence-corrected chi connectivity index (χ1v) is 7.70. The molecule has 1 aliphatic heterocycles. The monoisotopic (exact) mass is 288 g/mol. The number of nitrogens with zero attached hydrogens (tertiary/aromatic N) is 2. The Morgan fingerprint density at radius 3 is 2.63 bits per heavy atom. The van der Waals surface area contributed by atoms with E-state index in [1.54, 1.807) is 7.05 Å². The number of urea groups is 1. The number of carboxylic acid groups (broad SMARTS) is 1. The van der Waals surface area contributed by atoms with Crippen molar-refractivity contribution in [1.29, 1.82) is 0 Å². The summed E-state index contributed by atoms with van der Waals surface area (Å²) in [6.45, 7) is 0. The standard InChI is InChI=1S/C12H20N2O4S/c1-13(8-4-2-3-5-10(8)15)12(18)14-7-19-6-9(14)11(16)17/h8-10,15H,2-7H2,1H3,(H,16,17)/t8?,9-,10?/m0/s1. The van der Waals surface area contributed by atoms with Gasteiger partial charge in [0.05, 0.1) is 18.0 Å². The summed E-state index contributed by atoms with van der Waals surface area (Å²) in [5, 5.41) is 19.1. The Balaban J connectivity index is 2.03. The second-order valence-electron chi connectivity index (χ2n) is 5.14. The van der Waals surface area contributed by atoms with Gasteiger partial charge in [0.2, 0.25) is 0 Å². The lowest BCUT2D eigenvalue weighted by molar-refractivity contribution is -0.141. The molecule has 3 atom stereocenters. The SMILES string of the molecule is CN(C(=O)N1CSC[C@H]1C(=O)O)C1CCCCC1O. The van der Waals surface area contributed by atoms with Crippen molar-refractivity contribution in [1.82, 2.24) is 9.80 Å². The van der Waals surface area contributed by atoms with Crippen LogP contribution in [0.15, 0.2) is 0 Å². The van der Waals surface area contributed by atoms with Crippen molar-refractivity contribution in [2.45, 2.75) is 43.9 Å². The fourth-order valence-corrected chi connectivity index (χ4v) is 3.86. The third-order valence-corrected chi connectivity index (χ3v) is 4.92. The normalized spacial score (nSPS) is 31.3. The Morgan fingerprint density at radius 1 is 1.32 bits per heavy atom. The first-order valence-electron chi connectivity index (χ1n) is 6.54. The third-order valence-electron chi connectivity index (χ3n) is 3.91. The van der Waals surface area contributed by atoms with E-state index in [2.05, 4.69) is 0 Å². The van der Waals surface area contributed by atoms with Crippen LogP contribution in [0.2, 0.25) is 0 Å². The summed E-state index contributed by atoms with van der Waals surface area (Å²) in [6, 6.07) is -1.23. The molecule has 19 heavy (non-hydrogen) atoms. The van der Waals surface area contributed by atoms with Gasteiger partial charge in [-0.15, -0.1) is 11.8 Å². The summed E-state index contributed by atoms with van der Waals surface area (Å²) < 4.78 is 0. The Kier molecular flexibility index (Phi) is 4.57. The van der Waals surface area contributed by atoms with Crippen molar-refractivity contribution in [2.75, 3.05) is 18.7 Å². The van der Waals surface area contributed by atoms with Gasteiger partial charge in [-0.1, -0.05) is 12.8 Å². The number of hydrogen-bond acceptors (Lipinski definition) is 4. The highest BCUT2D eigenvalue weighted by molar-refractivity contribution is 7.99. The van der Waals surface area contributed by atoms with Gasteiger partial charge >= 0.3 is 12.0 Å². The van der Waals surface area contributed by atoms with Gasteiger partial charge in [0.1, 0.15) is 6.04 Å². The molecule has 2 rings (SSSR count). The summed E-state index contributed by atoms with van der Waals surface area (Å²) in [7, 11) is 1.66. The van der Waals surface area contributed by atoms with Crippen molar-refractivity contribution in [3.8, 4) is 0 Å². The topological polar surface area (TPSA) is 81.1 Å². The zero-order valence-electron chi connectivity index (χ0n) is 11.0. The number of amides is 2. The molecular weight excluding hydrogens is 268 g/mol. The molecule has 0 aromatic carbocycles. The van der Waals surface area contributed by atoms with E-state index in [1.807, 2.05) is 0 Å². The predicted octanol–water partition coefficient (Wildman–Crippen LogP) is 0.801. The van der Waals surface area contributed by atoms with Crippen LogP contribution in [0.25, 0.3) is 0 Å². The van der Waals surface area contributed by atoms with Crippen molar-refractivity contribution in [3.63, 3.8) is 0 Å². The summed E-state index contributed by atoms with van der Waals surface area (Å²) in [4.78, 5) is 26.4. The molecule has 6 nitrogen and oxygen atoms in total. The van der Waals surface area contributed by atoms with E-state index in [1.165, 1.54) is 21.6 Å². The second-order valence-corrected chi connectivity index (χ2v) is 6.14. The number of hydrogen-bond donors (Lipinski definition) is 2. The molecule has 0 radical (unpaired) electrons. The van der Waals surface area contributed by atoms with Crippen molar-refractivity contribution in [2.24, 2.45) is 0 Å². The third kappa shape index (κ3) is 2.97. The number of aliphatic carboxylic acids is 1. The Labute approximate surface area is 116 Å². The number of aliphatic hydroxyl groups excluding tert-OH is 1. The highest BCUT2D eigenvalue weighted by Gasteiger charge is 2.39. The van der Waals surface area contributed by atoms with E-state index in [4.69, 9.17) is 5.11 Å². The van der Waals surface area contributed by atoms with Crippen molar-refractivity contribution < 1.29 is 19.8 Å². The van der Waals surface area contributed by atoms with Crippen LogP contribution in [0.5, 0.6) is 0 Å². The summed E-state index contributed by atoms with van der Waals surface area (Å²) in [6.07, 6.45) is 2.97. The lowest BCUT2D eigenvalue weighted by Gasteiger charge is -2.37. The zero-order valence-corrected chi connectivity index (χ0v) is 11.8. The summed E-state index contributed by atoms with van der Waals surface area (Å²) in [5.41, 5.74) is 0. The van der Waals surface area contributed by atoms with E-state index in [0.29, 0.717) is 18.1 Å². The van der Waals surface area contributed by atoms with Crippen LogP contribution in [0.1, 0.15) is 25.7 Å². The average molecular weight is 288 g/mol. The molecule has 0 bridgehead atoms. The van der Waals surface area contributed by atoms with Crippen LogP contribution in [0.3, 0.4) is 0 Å². The molecule has 0 aromatic rings. The van der Waals surface area contributed by atoms with Gasteiger partial charge in [-0.25, -0.2) is 9.59 Å². The molecule has 2 amide bonds. The highest BCUT2D eigenvalue weighted by Crippen LogP contribution is 2.26. The van der Waals surface area contributed by atoms with Crippen molar-refractivity contribution in [3.05, 3.63) is 0 Å². The molecule has 2 aliphatic rings. The molecule has 1 heterocycles. The molecule has 0 spiro atoms. The van der Waals surface area contributed by atoms with Gasteiger partial charge in [0, 0.05) is 12.8 Å². The molecule has 7 heteroatoms. The van der Waals surface area contributed by atoms with Crippen LogP contribution >= 0.6 is 11.8 Å². The van der Waals surface area contributed by atoms with Crippen LogP contribution in [-0.4, -0.2) is 68.9 Å². The lowest BCUT2D eigenvalue weighted by Crippen LogP contribution is -2.53. The van der Waals surface area contributed by atoms with Gasteiger partial charge in [-0.05, 0) is 12.8 Å². The Bertz CT molecular complexity index is 366. The first-order chi connectivity index (χ1) is 9.02. The number of aliphatic hydroxyl groups is 1. The summed E-state index contributed by atoms with van der Waals surface area (Å²) in [5.74, 6) is -0.124. The Morgan fingerprint density at radius 2 is 2.00 bits per heavy atom. The maximum absolute atomic E-state index is 12.4. The minimum Gasteiger partial charge on any atom is -0.480 e. The number of carboxylic acids is 1. The maximum atomic E-state index is 12.4. The van der Waals surface area contributed by atoms with E-state index in [0.717, 1.165) is 19.3 Å². The molecule has 2 N–H and O–H groups in total. The highest BCUT2D eigenvalue weighted by atomic mass is 32.2. The maximum Gasteiger partial charge on any atom is 0.327 e. The molecule has 1 saturated heterocycles. The molecular formula is C12H20N2O4S. The van der Waals surface area contributed by atoms with Gasteiger partial charge in [-0.3, -0.25) is 0 Å². The smallest absolute Gasteiger partial charge is 0.327 e. The molecule has 2 unspecified atom stereocenters. The number of thioether (sulfide) groups is 1. The van der Waals surface area contributed by atoms with Crippen LogP contribution < -0.4 is 0 Å². The fourth-order valence-electron chi connectivity index (χ4n) is 2.72. The molecule has 0 aromatic heterocycles. The lowest BCUT2D eigenvalue weighted by atomic mass is 9.92. The number of carbonyl (C=O) groups excluding carboxylic acids is 1. The van der Waals surface area contributed by atoms with E-state index in [-0.39, 0.29) is 12.1 Å². The first kappa shape index (κ1) is 14.5. The molecule has 108 valence electrons. The quantitative estimate of drug-likeness (QED) is 0.785. The van der Waals surface area contributed by atoms with Gasteiger partial charge < -0.3 is 20.0 Å².